The van der Waals surface area contributed by atoms with Gasteiger partial charge in [-0.05, 0) is 47.6 Å². The van der Waals surface area contributed by atoms with Crippen molar-refractivity contribution in [2.24, 2.45) is 5.92 Å². The lowest BCUT2D eigenvalue weighted by molar-refractivity contribution is -0.136. The zero-order valence-electron chi connectivity index (χ0n) is 18.0. The zero-order chi connectivity index (χ0) is 22.2. The monoisotopic (exact) mass is 419 g/mol. The summed E-state index contributed by atoms with van der Waals surface area (Å²) >= 11 is 0. The van der Waals surface area contributed by atoms with Crippen LogP contribution in [-0.4, -0.2) is 26.8 Å². The maximum absolute atomic E-state index is 13.3. The molecule has 0 radical (unpaired) electrons. The number of nitrogens with one attached hydrogen (secondary N) is 1. The average molecular weight is 420 g/mol. The van der Waals surface area contributed by atoms with Gasteiger partial charge in [-0.2, -0.15) is 5.10 Å². The molecule has 0 fully saturated rings. The Balaban J connectivity index is 1.88. The van der Waals surface area contributed by atoms with Crippen LogP contribution >= 0.6 is 0 Å². The molecule has 0 saturated carbocycles. The van der Waals surface area contributed by atoms with Crippen LogP contribution in [0.1, 0.15) is 59.8 Å². The van der Waals surface area contributed by atoms with Gasteiger partial charge in [0, 0.05) is 24.4 Å². The van der Waals surface area contributed by atoms with Gasteiger partial charge in [0.15, 0.2) is 0 Å². The number of amides is 1. The third kappa shape index (κ3) is 6.54. The molecule has 31 heavy (non-hydrogen) atoms. The van der Waals surface area contributed by atoms with Crippen LogP contribution in [0.4, 0.5) is 0 Å². The molecule has 6 heteroatoms. The van der Waals surface area contributed by atoms with Crippen LogP contribution in [0.25, 0.3) is 0 Å². The number of carbonyl (C=O) groups excluding carboxylic acids is 1. The molecule has 1 amide bonds. The van der Waals surface area contributed by atoms with E-state index in [9.17, 15) is 9.59 Å². The Hall–Kier alpha value is -3.41. The number of carboxylic acid groups (broad SMARTS) is 1. The number of carbonyl (C=O) groups is 2. The number of aromatic nitrogens is 2. The molecule has 0 aliphatic carbocycles. The van der Waals surface area contributed by atoms with E-state index in [2.05, 4.69) is 24.3 Å². The molecular formula is C25H29N3O3. The molecule has 2 aromatic carbocycles. The highest BCUT2D eigenvalue weighted by molar-refractivity contribution is 5.96. The van der Waals surface area contributed by atoms with E-state index in [-0.39, 0.29) is 18.4 Å². The molecule has 0 saturated heterocycles. The SMILES string of the molecule is CC(C)CC(NC(=O)c1cc(Cn2cccn2)ccc1CCC(=O)O)c1ccccc1. The number of benzene rings is 2. The average Bonchev–Trinajstić information content (AvgIpc) is 3.25. The van der Waals surface area contributed by atoms with E-state index in [0.29, 0.717) is 24.4 Å². The maximum atomic E-state index is 13.3. The summed E-state index contributed by atoms with van der Waals surface area (Å²) in [6, 6.07) is 17.3. The fourth-order valence-corrected chi connectivity index (χ4v) is 3.65. The van der Waals surface area contributed by atoms with Crippen LogP contribution in [0.3, 0.4) is 0 Å². The molecule has 0 spiro atoms. The molecule has 1 aromatic heterocycles. The van der Waals surface area contributed by atoms with Crippen LogP contribution in [0.2, 0.25) is 0 Å². The van der Waals surface area contributed by atoms with Crippen LogP contribution in [0, 0.1) is 5.92 Å². The second-order valence-corrected chi connectivity index (χ2v) is 8.16. The van der Waals surface area contributed by atoms with Crippen LogP contribution < -0.4 is 5.32 Å². The van der Waals surface area contributed by atoms with Crippen molar-refractivity contribution in [3.8, 4) is 0 Å². The maximum Gasteiger partial charge on any atom is 0.303 e. The number of hydrogen-bond acceptors (Lipinski definition) is 3. The Morgan fingerprint density at radius 2 is 1.87 bits per heavy atom. The number of nitrogens with zero attached hydrogens (tertiary/aromatic N) is 2. The van der Waals surface area contributed by atoms with Crippen molar-refractivity contribution >= 4 is 11.9 Å². The molecule has 1 heterocycles. The quantitative estimate of drug-likeness (QED) is 0.508. The Morgan fingerprint density at radius 3 is 2.52 bits per heavy atom. The van der Waals surface area contributed by atoms with Gasteiger partial charge in [-0.3, -0.25) is 14.3 Å². The molecule has 3 rings (SSSR count). The molecule has 3 aromatic rings. The van der Waals surface area contributed by atoms with E-state index < -0.39 is 5.97 Å². The fourth-order valence-electron chi connectivity index (χ4n) is 3.65. The number of carboxylic acids is 1. The summed E-state index contributed by atoms with van der Waals surface area (Å²) in [5.74, 6) is -0.658. The van der Waals surface area contributed by atoms with E-state index in [1.807, 2.05) is 60.8 Å². The van der Waals surface area contributed by atoms with E-state index >= 15 is 0 Å². The minimum Gasteiger partial charge on any atom is -0.481 e. The van der Waals surface area contributed by atoms with Crippen molar-refractivity contribution in [3.05, 3.63) is 89.2 Å². The van der Waals surface area contributed by atoms with E-state index in [4.69, 9.17) is 5.11 Å². The number of aryl methyl sites for hydroxylation is 1. The van der Waals surface area contributed by atoms with Crippen LogP contribution in [0.5, 0.6) is 0 Å². The molecular weight excluding hydrogens is 390 g/mol. The molecule has 1 atom stereocenters. The largest absolute Gasteiger partial charge is 0.481 e. The summed E-state index contributed by atoms with van der Waals surface area (Å²) in [5, 5.41) is 16.5. The summed E-state index contributed by atoms with van der Waals surface area (Å²) in [6.07, 6.45) is 4.68. The lowest BCUT2D eigenvalue weighted by atomic mass is 9.95. The molecule has 162 valence electrons. The summed E-state index contributed by atoms with van der Waals surface area (Å²) in [7, 11) is 0. The smallest absolute Gasteiger partial charge is 0.303 e. The summed E-state index contributed by atoms with van der Waals surface area (Å²) in [5.41, 5.74) is 3.26. The number of hydrogen-bond donors (Lipinski definition) is 2. The van der Waals surface area contributed by atoms with Gasteiger partial charge in [0.1, 0.15) is 0 Å². The highest BCUT2D eigenvalue weighted by atomic mass is 16.4. The van der Waals surface area contributed by atoms with Gasteiger partial charge in [-0.1, -0.05) is 56.3 Å². The predicted molar refractivity (Wildman–Crippen MR) is 120 cm³/mol. The number of aliphatic carboxylic acids is 1. The Labute approximate surface area is 182 Å². The van der Waals surface area contributed by atoms with Crippen molar-refractivity contribution in [3.63, 3.8) is 0 Å². The highest BCUT2D eigenvalue weighted by Gasteiger charge is 2.20. The van der Waals surface area contributed by atoms with Crippen LogP contribution in [0.15, 0.2) is 67.0 Å². The first-order valence-electron chi connectivity index (χ1n) is 10.6. The van der Waals surface area contributed by atoms with Crippen LogP contribution in [-0.2, 0) is 17.8 Å². The highest BCUT2D eigenvalue weighted by Crippen LogP contribution is 2.23. The first-order valence-corrected chi connectivity index (χ1v) is 10.6. The van der Waals surface area contributed by atoms with E-state index in [1.54, 1.807) is 10.9 Å². The third-order valence-electron chi connectivity index (χ3n) is 5.15. The van der Waals surface area contributed by atoms with E-state index in [1.165, 1.54) is 0 Å². The molecule has 0 aliphatic heterocycles. The Kier molecular flexibility index (Phi) is 7.60. The summed E-state index contributed by atoms with van der Waals surface area (Å²) in [6.45, 7) is 4.80. The van der Waals surface area contributed by atoms with Gasteiger partial charge < -0.3 is 10.4 Å². The zero-order valence-corrected chi connectivity index (χ0v) is 18.0. The van der Waals surface area contributed by atoms with E-state index in [0.717, 1.165) is 23.1 Å². The van der Waals surface area contributed by atoms with Crippen molar-refractivity contribution in [2.75, 3.05) is 0 Å². The predicted octanol–water partition coefficient (Wildman–Crippen LogP) is 4.47. The van der Waals surface area contributed by atoms with Crippen molar-refractivity contribution in [2.45, 2.75) is 45.7 Å². The lowest BCUT2D eigenvalue weighted by Gasteiger charge is -2.22. The van der Waals surface area contributed by atoms with Crippen molar-refractivity contribution < 1.29 is 14.7 Å². The topological polar surface area (TPSA) is 84.2 Å². The first kappa shape index (κ1) is 22.3. The van der Waals surface area contributed by atoms with Crippen molar-refractivity contribution in [1.82, 2.24) is 15.1 Å². The molecule has 1 unspecified atom stereocenters. The van der Waals surface area contributed by atoms with Gasteiger partial charge in [0.2, 0.25) is 0 Å². The normalized spacial score (nSPS) is 12.0. The first-order chi connectivity index (χ1) is 14.9. The molecule has 0 bridgehead atoms. The standard InChI is InChI=1S/C25H29N3O3/c1-18(2)15-23(21-7-4-3-5-8-21)27-25(31)22-16-19(17-28-14-6-13-26-28)9-10-20(22)11-12-24(29)30/h3-10,13-14,16,18,23H,11-12,15,17H2,1-2H3,(H,27,31)(H,29,30). The lowest BCUT2D eigenvalue weighted by Crippen LogP contribution is -2.30. The van der Waals surface area contributed by atoms with Gasteiger partial charge in [0.05, 0.1) is 12.6 Å². The van der Waals surface area contributed by atoms with Gasteiger partial charge in [-0.25, -0.2) is 0 Å². The van der Waals surface area contributed by atoms with Crippen molar-refractivity contribution in [1.29, 1.82) is 0 Å². The van der Waals surface area contributed by atoms with Gasteiger partial charge in [-0.15, -0.1) is 0 Å². The Bertz CT molecular complexity index is 998. The molecule has 0 aliphatic rings. The Morgan fingerprint density at radius 1 is 1.10 bits per heavy atom. The minimum atomic E-state index is -0.881. The molecule has 6 nitrogen and oxygen atoms in total. The van der Waals surface area contributed by atoms with Gasteiger partial charge in [0.25, 0.3) is 5.91 Å². The van der Waals surface area contributed by atoms with Gasteiger partial charge >= 0.3 is 5.97 Å². The fraction of sp³-hybridized carbons (Fsp3) is 0.320. The second-order valence-electron chi connectivity index (χ2n) is 8.16. The summed E-state index contributed by atoms with van der Waals surface area (Å²) < 4.78 is 1.79. The number of rotatable bonds is 10. The summed E-state index contributed by atoms with van der Waals surface area (Å²) in [4.78, 5) is 24.5. The molecule has 2 N–H and O–H groups in total. The second kappa shape index (κ2) is 10.6. The third-order valence-corrected chi connectivity index (χ3v) is 5.15. The minimum absolute atomic E-state index is 0.0209.